The maximum atomic E-state index is 8.73. The minimum Gasteiger partial charge on any atom is -0.393 e. The van der Waals surface area contributed by atoms with Gasteiger partial charge in [0.05, 0.1) is 12.7 Å². The second kappa shape index (κ2) is 4.26. The molecule has 0 aromatic rings. The van der Waals surface area contributed by atoms with Crippen molar-refractivity contribution >= 4 is 0 Å². The number of aliphatic hydroxyl groups is 1. The Hall–Kier alpha value is -0.590. The van der Waals surface area contributed by atoms with E-state index in [1.165, 1.54) is 0 Å². The third kappa shape index (κ3) is 2.81. The van der Waals surface area contributed by atoms with E-state index >= 15 is 0 Å². The van der Waals surface area contributed by atoms with Crippen molar-refractivity contribution in [2.24, 2.45) is 0 Å². The molecule has 0 aliphatic rings. The summed E-state index contributed by atoms with van der Waals surface area (Å²) >= 11 is 0. The van der Waals surface area contributed by atoms with Crippen molar-refractivity contribution in [3.8, 4) is 6.07 Å². The van der Waals surface area contributed by atoms with E-state index < -0.39 is 5.54 Å². The van der Waals surface area contributed by atoms with Gasteiger partial charge < -0.3 is 5.11 Å². The molecule has 0 bridgehead atoms. The van der Waals surface area contributed by atoms with Crippen LogP contribution in [0.2, 0.25) is 0 Å². The number of aliphatic hydroxyl groups excluding tert-OH is 1. The monoisotopic (exact) mass is 142 g/mol. The van der Waals surface area contributed by atoms with Crippen LogP contribution in [0.3, 0.4) is 0 Å². The number of hydrogen-bond donors (Lipinski definition) is 2. The molecule has 0 saturated heterocycles. The predicted octanol–water partition coefficient (Wildman–Crippen LogP) is 0.261. The highest BCUT2D eigenvalue weighted by Crippen LogP contribution is 1.98. The van der Waals surface area contributed by atoms with Crippen LogP contribution >= 0.6 is 0 Å². The van der Waals surface area contributed by atoms with Crippen molar-refractivity contribution in [2.45, 2.75) is 25.8 Å². The van der Waals surface area contributed by atoms with Gasteiger partial charge in [-0.25, -0.2) is 0 Å². The Morgan fingerprint density at radius 1 is 1.70 bits per heavy atom. The standard InChI is InChI=1S/C7H14N2O/c1-3-4-9-7(2,5-8)6-10/h9-10H,3-4,6H2,1-2H3. The van der Waals surface area contributed by atoms with E-state index in [9.17, 15) is 0 Å². The predicted molar refractivity (Wildman–Crippen MR) is 39.4 cm³/mol. The molecule has 0 fully saturated rings. The summed E-state index contributed by atoms with van der Waals surface area (Å²) in [5.41, 5.74) is -0.754. The van der Waals surface area contributed by atoms with Crippen LogP contribution < -0.4 is 5.32 Å². The van der Waals surface area contributed by atoms with Gasteiger partial charge >= 0.3 is 0 Å². The number of nitrogens with zero attached hydrogens (tertiary/aromatic N) is 1. The summed E-state index contributed by atoms with van der Waals surface area (Å²) in [6.45, 7) is 4.33. The summed E-state index contributed by atoms with van der Waals surface area (Å²) in [6.07, 6.45) is 0.970. The van der Waals surface area contributed by atoms with Crippen molar-refractivity contribution in [2.75, 3.05) is 13.2 Å². The number of hydrogen-bond acceptors (Lipinski definition) is 3. The van der Waals surface area contributed by atoms with Gasteiger partial charge in [0, 0.05) is 0 Å². The van der Waals surface area contributed by atoms with Crippen LogP contribution in [-0.4, -0.2) is 23.8 Å². The maximum absolute atomic E-state index is 8.73. The summed E-state index contributed by atoms with van der Waals surface area (Å²) in [7, 11) is 0. The molecule has 3 heteroatoms. The Labute approximate surface area is 61.7 Å². The Morgan fingerprint density at radius 2 is 2.30 bits per heavy atom. The van der Waals surface area contributed by atoms with Gasteiger partial charge in [0.25, 0.3) is 0 Å². The fraction of sp³-hybridized carbons (Fsp3) is 0.857. The van der Waals surface area contributed by atoms with Crippen molar-refractivity contribution in [3.05, 3.63) is 0 Å². The van der Waals surface area contributed by atoms with Gasteiger partial charge in [0.15, 0.2) is 0 Å². The Balaban J connectivity index is 3.72. The normalized spacial score (nSPS) is 15.8. The number of rotatable bonds is 4. The third-order valence-electron chi connectivity index (χ3n) is 1.33. The lowest BCUT2D eigenvalue weighted by atomic mass is 10.1. The molecule has 0 radical (unpaired) electrons. The summed E-state index contributed by atoms with van der Waals surface area (Å²) in [4.78, 5) is 0. The third-order valence-corrected chi connectivity index (χ3v) is 1.33. The van der Waals surface area contributed by atoms with Crippen LogP contribution in [0.5, 0.6) is 0 Å². The first-order chi connectivity index (χ1) is 4.68. The highest BCUT2D eigenvalue weighted by molar-refractivity contribution is 5.03. The average molecular weight is 142 g/mol. The zero-order valence-corrected chi connectivity index (χ0v) is 6.52. The molecule has 10 heavy (non-hydrogen) atoms. The molecule has 0 aliphatic carbocycles. The first-order valence-corrected chi connectivity index (χ1v) is 3.45. The first-order valence-electron chi connectivity index (χ1n) is 3.45. The van der Waals surface area contributed by atoms with Crippen LogP contribution in [0.25, 0.3) is 0 Å². The minimum absolute atomic E-state index is 0.135. The zero-order chi connectivity index (χ0) is 8.04. The zero-order valence-electron chi connectivity index (χ0n) is 6.52. The molecular formula is C7H14N2O. The number of nitriles is 1. The van der Waals surface area contributed by atoms with E-state index in [4.69, 9.17) is 10.4 Å². The van der Waals surface area contributed by atoms with Gasteiger partial charge in [0.2, 0.25) is 0 Å². The highest BCUT2D eigenvalue weighted by atomic mass is 16.3. The van der Waals surface area contributed by atoms with Crippen molar-refractivity contribution in [1.82, 2.24) is 5.32 Å². The fourth-order valence-electron chi connectivity index (χ4n) is 0.532. The molecule has 0 spiro atoms. The smallest absolute Gasteiger partial charge is 0.127 e. The quantitative estimate of drug-likeness (QED) is 0.592. The van der Waals surface area contributed by atoms with Gasteiger partial charge in [-0.3, -0.25) is 5.32 Å². The summed E-state index contributed by atoms with van der Waals surface area (Å²) in [5.74, 6) is 0. The van der Waals surface area contributed by atoms with Gasteiger partial charge in [0.1, 0.15) is 5.54 Å². The summed E-state index contributed by atoms with van der Waals surface area (Å²) in [5, 5.41) is 20.2. The molecule has 0 aromatic carbocycles. The number of nitrogens with one attached hydrogen (secondary N) is 1. The molecular weight excluding hydrogens is 128 g/mol. The molecule has 0 saturated carbocycles. The van der Waals surface area contributed by atoms with E-state index in [2.05, 4.69) is 5.32 Å². The lowest BCUT2D eigenvalue weighted by Crippen LogP contribution is -2.44. The Morgan fingerprint density at radius 3 is 2.60 bits per heavy atom. The lowest BCUT2D eigenvalue weighted by Gasteiger charge is -2.19. The molecule has 0 amide bonds. The van der Waals surface area contributed by atoms with E-state index in [1.807, 2.05) is 13.0 Å². The van der Waals surface area contributed by atoms with E-state index in [0.717, 1.165) is 13.0 Å². The lowest BCUT2D eigenvalue weighted by molar-refractivity contribution is 0.213. The average Bonchev–Trinajstić information content (AvgIpc) is 2.00. The van der Waals surface area contributed by atoms with E-state index in [1.54, 1.807) is 6.92 Å². The fourth-order valence-corrected chi connectivity index (χ4v) is 0.532. The summed E-state index contributed by atoms with van der Waals surface area (Å²) in [6, 6.07) is 2.00. The van der Waals surface area contributed by atoms with Gasteiger partial charge in [-0.1, -0.05) is 6.92 Å². The molecule has 58 valence electrons. The van der Waals surface area contributed by atoms with Crippen molar-refractivity contribution in [3.63, 3.8) is 0 Å². The second-order valence-corrected chi connectivity index (χ2v) is 2.53. The molecule has 0 rings (SSSR count). The molecule has 0 aliphatic heterocycles. The topological polar surface area (TPSA) is 56.0 Å². The van der Waals surface area contributed by atoms with Crippen LogP contribution in [0.15, 0.2) is 0 Å². The van der Waals surface area contributed by atoms with E-state index in [-0.39, 0.29) is 6.61 Å². The first kappa shape index (κ1) is 9.41. The largest absolute Gasteiger partial charge is 0.393 e. The Bertz CT molecular complexity index is 130. The molecule has 1 atom stereocenters. The van der Waals surface area contributed by atoms with Gasteiger partial charge in [-0.2, -0.15) is 5.26 Å². The molecule has 2 N–H and O–H groups in total. The minimum atomic E-state index is -0.754. The SMILES string of the molecule is CCCNC(C)(C#N)CO. The van der Waals surface area contributed by atoms with E-state index in [0.29, 0.717) is 0 Å². The molecule has 1 unspecified atom stereocenters. The van der Waals surface area contributed by atoms with Crippen LogP contribution in [0, 0.1) is 11.3 Å². The van der Waals surface area contributed by atoms with Gasteiger partial charge in [-0.05, 0) is 19.9 Å². The van der Waals surface area contributed by atoms with Crippen LogP contribution in [0.4, 0.5) is 0 Å². The molecule has 0 heterocycles. The van der Waals surface area contributed by atoms with Crippen molar-refractivity contribution in [1.29, 1.82) is 5.26 Å². The maximum Gasteiger partial charge on any atom is 0.127 e. The summed E-state index contributed by atoms with van der Waals surface area (Å²) < 4.78 is 0. The second-order valence-electron chi connectivity index (χ2n) is 2.53. The van der Waals surface area contributed by atoms with Crippen LogP contribution in [-0.2, 0) is 0 Å². The van der Waals surface area contributed by atoms with Gasteiger partial charge in [-0.15, -0.1) is 0 Å². The molecule has 3 nitrogen and oxygen atoms in total. The highest BCUT2D eigenvalue weighted by Gasteiger charge is 2.20. The van der Waals surface area contributed by atoms with Crippen molar-refractivity contribution < 1.29 is 5.11 Å². The Kier molecular flexibility index (Phi) is 4.01. The molecule has 0 aromatic heterocycles. The van der Waals surface area contributed by atoms with Crippen LogP contribution in [0.1, 0.15) is 20.3 Å².